The summed E-state index contributed by atoms with van der Waals surface area (Å²) in [6, 6.07) is 3.61. The molecule has 0 bridgehead atoms. The predicted molar refractivity (Wildman–Crippen MR) is 72.1 cm³/mol. The van der Waals surface area contributed by atoms with Gasteiger partial charge in [0, 0.05) is 5.02 Å². The third-order valence-electron chi connectivity index (χ3n) is 3.19. The molecule has 0 radical (unpaired) electrons. The van der Waals surface area contributed by atoms with Crippen LogP contribution < -0.4 is 10.5 Å². The zero-order valence-electron chi connectivity index (χ0n) is 9.72. The number of nitrogens with two attached hydrogens (primary N) is 1. The van der Waals surface area contributed by atoms with Gasteiger partial charge >= 0.3 is 0 Å². The van der Waals surface area contributed by atoms with Gasteiger partial charge in [-0.1, -0.05) is 29.6 Å². The Bertz CT molecular complexity index is 391. The number of benzene rings is 1. The highest BCUT2D eigenvalue weighted by molar-refractivity contribution is 6.35. The second-order valence-corrected chi connectivity index (χ2v) is 5.37. The van der Waals surface area contributed by atoms with Crippen LogP contribution >= 0.6 is 23.2 Å². The van der Waals surface area contributed by atoms with E-state index in [0.717, 1.165) is 24.3 Å². The molecule has 2 rings (SSSR count). The SMILES string of the molecule is NCCc1cc(Cl)cc(Cl)c1OCC1CCC1. The summed E-state index contributed by atoms with van der Waals surface area (Å²) in [6.45, 7) is 1.31. The van der Waals surface area contributed by atoms with E-state index in [1.54, 1.807) is 6.07 Å². The third-order valence-corrected chi connectivity index (χ3v) is 3.69. The van der Waals surface area contributed by atoms with Crippen LogP contribution in [0.3, 0.4) is 0 Å². The molecule has 0 saturated heterocycles. The van der Waals surface area contributed by atoms with Crippen LogP contribution in [0.5, 0.6) is 5.75 Å². The number of ether oxygens (including phenoxy) is 1. The second-order valence-electron chi connectivity index (χ2n) is 4.52. The summed E-state index contributed by atoms with van der Waals surface area (Å²) in [6.07, 6.45) is 4.58. The van der Waals surface area contributed by atoms with E-state index in [2.05, 4.69) is 0 Å². The Morgan fingerprint density at radius 2 is 2.06 bits per heavy atom. The van der Waals surface area contributed by atoms with Crippen molar-refractivity contribution >= 4 is 23.2 Å². The summed E-state index contributed by atoms with van der Waals surface area (Å²) < 4.78 is 5.83. The lowest BCUT2D eigenvalue weighted by Crippen LogP contribution is -2.20. The zero-order valence-corrected chi connectivity index (χ0v) is 11.2. The van der Waals surface area contributed by atoms with E-state index in [1.807, 2.05) is 6.07 Å². The van der Waals surface area contributed by atoms with E-state index in [9.17, 15) is 0 Å². The molecule has 2 N–H and O–H groups in total. The molecule has 0 heterocycles. The van der Waals surface area contributed by atoms with Gasteiger partial charge in [-0.3, -0.25) is 0 Å². The molecule has 0 atom stereocenters. The van der Waals surface area contributed by atoms with Crippen LogP contribution in [0.15, 0.2) is 12.1 Å². The topological polar surface area (TPSA) is 35.2 Å². The Labute approximate surface area is 112 Å². The van der Waals surface area contributed by atoms with E-state index in [0.29, 0.717) is 22.5 Å². The maximum atomic E-state index is 6.16. The van der Waals surface area contributed by atoms with Gasteiger partial charge in [0.2, 0.25) is 0 Å². The van der Waals surface area contributed by atoms with Crippen LogP contribution in [0.25, 0.3) is 0 Å². The summed E-state index contributed by atoms with van der Waals surface area (Å²) in [5, 5.41) is 1.22. The lowest BCUT2D eigenvalue weighted by Gasteiger charge is -2.26. The Kier molecular flexibility index (Phi) is 4.55. The molecule has 1 aromatic carbocycles. The summed E-state index contributed by atoms with van der Waals surface area (Å²) >= 11 is 12.1. The smallest absolute Gasteiger partial charge is 0.141 e. The van der Waals surface area contributed by atoms with Gasteiger partial charge in [0.15, 0.2) is 0 Å². The molecular weight excluding hydrogens is 257 g/mol. The molecule has 0 aliphatic heterocycles. The number of hydrogen-bond acceptors (Lipinski definition) is 2. The van der Waals surface area contributed by atoms with Crippen molar-refractivity contribution in [2.45, 2.75) is 25.7 Å². The van der Waals surface area contributed by atoms with E-state index in [1.165, 1.54) is 19.3 Å². The van der Waals surface area contributed by atoms with Crippen molar-refractivity contribution in [3.8, 4) is 5.75 Å². The maximum Gasteiger partial charge on any atom is 0.141 e. The number of halogens is 2. The van der Waals surface area contributed by atoms with Crippen molar-refractivity contribution in [1.82, 2.24) is 0 Å². The van der Waals surface area contributed by atoms with Gasteiger partial charge < -0.3 is 10.5 Å². The molecule has 4 heteroatoms. The fourth-order valence-corrected chi connectivity index (χ4v) is 2.57. The van der Waals surface area contributed by atoms with Gasteiger partial charge in [0.1, 0.15) is 5.75 Å². The molecule has 94 valence electrons. The highest BCUT2D eigenvalue weighted by Crippen LogP contribution is 2.34. The number of hydrogen-bond donors (Lipinski definition) is 1. The Morgan fingerprint density at radius 1 is 1.29 bits per heavy atom. The Balaban J connectivity index is 2.11. The molecule has 0 aromatic heterocycles. The standard InChI is InChI=1S/C13H17Cl2NO/c14-11-6-10(4-5-16)13(12(15)7-11)17-8-9-2-1-3-9/h6-7,9H,1-5,8,16H2. The van der Waals surface area contributed by atoms with Gasteiger partial charge in [0.25, 0.3) is 0 Å². The van der Waals surface area contributed by atoms with Crippen molar-refractivity contribution in [3.63, 3.8) is 0 Å². The first kappa shape index (κ1) is 13.0. The first-order valence-corrected chi connectivity index (χ1v) is 6.77. The monoisotopic (exact) mass is 273 g/mol. The summed E-state index contributed by atoms with van der Waals surface area (Å²) in [5.74, 6) is 1.45. The second kappa shape index (κ2) is 5.94. The molecule has 1 aromatic rings. The first-order valence-electron chi connectivity index (χ1n) is 6.01. The molecule has 2 nitrogen and oxygen atoms in total. The molecule has 0 spiro atoms. The molecule has 17 heavy (non-hydrogen) atoms. The summed E-state index contributed by atoms with van der Waals surface area (Å²) in [4.78, 5) is 0. The minimum Gasteiger partial charge on any atom is -0.491 e. The molecule has 0 amide bonds. The van der Waals surface area contributed by atoms with Crippen molar-refractivity contribution < 1.29 is 4.74 Å². The Morgan fingerprint density at radius 3 is 2.65 bits per heavy atom. The van der Waals surface area contributed by atoms with Crippen molar-refractivity contribution in [3.05, 3.63) is 27.7 Å². The van der Waals surface area contributed by atoms with Crippen LogP contribution in [0.2, 0.25) is 10.0 Å². The average molecular weight is 274 g/mol. The minimum absolute atomic E-state index is 0.566. The molecule has 1 fully saturated rings. The quantitative estimate of drug-likeness (QED) is 0.889. The first-order chi connectivity index (χ1) is 8.20. The van der Waals surface area contributed by atoms with Crippen LogP contribution in [0.4, 0.5) is 0 Å². The van der Waals surface area contributed by atoms with Gasteiger partial charge in [-0.05, 0) is 49.4 Å². The lowest BCUT2D eigenvalue weighted by atomic mass is 9.86. The van der Waals surface area contributed by atoms with Gasteiger partial charge in [-0.2, -0.15) is 0 Å². The highest BCUT2D eigenvalue weighted by atomic mass is 35.5. The van der Waals surface area contributed by atoms with Crippen LogP contribution in [-0.2, 0) is 6.42 Å². The zero-order chi connectivity index (χ0) is 12.3. The fourth-order valence-electron chi connectivity index (χ4n) is 1.98. The van der Waals surface area contributed by atoms with Crippen molar-refractivity contribution in [2.75, 3.05) is 13.2 Å². The average Bonchev–Trinajstić information content (AvgIpc) is 2.19. The van der Waals surface area contributed by atoms with Gasteiger partial charge in [0.05, 0.1) is 11.6 Å². The molecule has 1 saturated carbocycles. The van der Waals surface area contributed by atoms with Crippen LogP contribution in [-0.4, -0.2) is 13.2 Å². The Hall–Kier alpha value is -0.440. The van der Waals surface area contributed by atoms with Crippen LogP contribution in [0.1, 0.15) is 24.8 Å². The normalized spacial score (nSPS) is 15.7. The minimum atomic E-state index is 0.566. The highest BCUT2D eigenvalue weighted by Gasteiger charge is 2.19. The van der Waals surface area contributed by atoms with Gasteiger partial charge in [-0.15, -0.1) is 0 Å². The number of rotatable bonds is 5. The van der Waals surface area contributed by atoms with Crippen LogP contribution in [0, 0.1) is 5.92 Å². The largest absolute Gasteiger partial charge is 0.491 e. The summed E-state index contributed by atoms with van der Waals surface area (Å²) in [7, 11) is 0. The van der Waals surface area contributed by atoms with Crippen molar-refractivity contribution in [1.29, 1.82) is 0 Å². The van der Waals surface area contributed by atoms with Gasteiger partial charge in [-0.25, -0.2) is 0 Å². The lowest BCUT2D eigenvalue weighted by molar-refractivity contribution is 0.179. The molecule has 0 unspecified atom stereocenters. The molecular formula is C13H17Cl2NO. The predicted octanol–water partition coefficient (Wildman–Crippen LogP) is 3.67. The van der Waals surface area contributed by atoms with E-state index < -0.39 is 0 Å². The van der Waals surface area contributed by atoms with E-state index >= 15 is 0 Å². The molecule has 1 aliphatic rings. The summed E-state index contributed by atoms with van der Waals surface area (Å²) in [5.41, 5.74) is 6.59. The van der Waals surface area contributed by atoms with E-state index in [4.69, 9.17) is 33.7 Å². The molecule has 1 aliphatic carbocycles. The van der Waals surface area contributed by atoms with E-state index in [-0.39, 0.29) is 0 Å². The van der Waals surface area contributed by atoms with Crippen molar-refractivity contribution in [2.24, 2.45) is 11.7 Å². The maximum absolute atomic E-state index is 6.16. The fraction of sp³-hybridized carbons (Fsp3) is 0.538. The third kappa shape index (κ3) is 3.27.